The third-order valence-electron chi connectivity index (χ3n) is 4.00. The highest BCUT2D eigenvalue weighted by Crippen LogP contribution is 2.41. The molecule has 2 aromatic carbocycles. The van der Waals surface area contributed by atoms with Crippen molar-refractivity contribution in [2.24, 2.45) is 0 Å². The lowest BCUT2D eigenvalue weighted by molar-refractivity contribution is -0.142. The van der Waals surface area contributed by atoms with Crippen LogP contribution in [0.15, 0.2) is 53.4 Å². The zero-order valence-corrected chi connectivity index (χ0v) is 14.6. The zero-order chi connectivity index (χ0) is 16.9. The average molecular weight is 343 g/mol. The number of fused-ring (bicyclic) bond motifs is 1. The minimum absolute atomic E-state index is 0.0430. The number of nitrogens with one attached hydrogen (secondary N) is 1. The van der Waals surface area contributed by atoms with Gasteiger partial charge < -0.3 is 14.8 Å². The van der Waals surface area contributed by atoms with Crippen LogP contribution in [0.3, 0.4) is 0 Å². The van der Waals surface area contributed by atoms with Gasteiger partial charge in [-0.1, -0.05) is 24.3 Å². The van der Waals surface area contributed by atoms with E-state index >= 15 is 0 Å². The fraction of sp³-hybridized carbons (Fsp3) is 0.316. The minimum Gasteiger partial charge on any atom is -0.497 e. The van der Waals surface area contributed by atoms with E-state index in [9.17, 15) is 4.79 Å². The molecule has 4 nitrogen and oxygen atoms in total. The van der Waals surface area contributed by atoms with Crippen molar-refractivity contribution in [3.8, 4) is 5.75 Å². The van der Waals surface area contributed by atoms with Gasteiger partial charge in [0.1, 0.15) is 11.0 Å². The highest BCUT2D eigenvalue weighted by Gasteiger charge is 2.30. The quantitative estimate of drug-likeness (QED) is 0.840. The first-order valence-corrected chi connectivity index (χ1v) is 8.92. The van der Waals surface area contributed by atoms with E-state index in [0.29, 0.717) is 13.0 Å². The Morgan fingerprint density at radius 3 is 2.67 bits per heavy atom. The fourth-order valence-electron chi connectivity index (χ4n) is 2.79. The van der Waals surface area contributed by atoms with Crippen LogP contribution >= 0.6 is 11.8 Å². The van der Waals surface area contributed by atoms with Crippen molar-refractivity contribution in [2.45, 2.75) is 29.5 Å². The van der Waals surface area contributed by atoms with Crippen LogP contribution in [0.4, 0.5) is 5.69 Å². The Balaban J connectivity index is 1.91. The normalized spacial score (nSPS) is 19.6. The lowest BCUT2D eigenvalue weighted by atomic mass is 10.0. The fourth-order valence-corrected chi connectivity index (χ4v) is 3.96. The number of rotatable bonds is 4. The van der Waals surface area contributed by atoms with E-state index in [2.05, 4.69) is 5.32 Å². The Hall–Kier alpha value is -2.14. The van der Waals surface area contributed by atoms with Crippen LogP contribution < -0.4 is 10.1 Å². The maximum absolute atomic E-state index is 12.3. The molecule has 0 amide bonds. The first kappa shape index (κ1) is 16.7. The summed E-state index contributed by atoms with van der Waals surface area (Å²) in [6, 6.07) is 16.1. The van der Waals surface area contributed by atoms with Crippen LogP contribution in [0.1, 0.15) is 24.9 Å². The van der Waals surface area contributed by atoms with Crippen molar-refractivity contribution < 1.29 is 14.3 Å². The number of benzene rings is 2. The second kappa shape index (κ2) is 7.62. The molecule has 3 rings (SSSR count). The lowest BCUT2D eigenvalue weighted by Gasteiger charge is -2.20. The van der Waals surface area contributed by atoms with E-state index in [4.69, 9.17) is 9.47 Å². The molecule has 126 valence electrons. The van der Waals surface area contributed by atoms with Gasteiger partial charge >= 0.3 is 5.97 Å². The van der Waals surface area contributed by atoms with Gasteiger partial charge in [-0.25, -0.2) is 0 Å². The second-order valence-electron chi connectivity index (χ2n) is 5.56. The maximum atomic E-state index is 12.3. The number of anilines is 1. The molecule has 1 N–H and O–H groups in total. The Morgan fingerprint density at radius 1 is 1.21 bits per heavy atom. The molecule has 1 heterocycles. The highest BCUT2D eigenvalue weighted by molar-refractivity contribution is 8.00. The Bertz CT molecular complexity index is 702. The largest absolute Gasteiger partial charge is 0.497 e. The minimum atomic E-state index is -0.229. The number of methoxy groups -OCH3 is 1. The molecular weight excluding hydrogens is 322 g/mol. The van der Waals surface area contributed by atoms with Gasteiger partial charge in [0, 0.05) is 10.6 Å². The van der Waals surface area contributed by atoms with Gasteiger partial charge in [0.15, 0.2) is 0 Å². The van der Waals surface area contributed by atoms with Gasteiger partial charge in [-0.05, 0) is 43.2 Å². The number of carbonyl (C=O) groups excluding carboxylic acids is 1. The zero-order valence-electron chi connectivity index (χ0n) is 13.8. The van der Waals surface area contributed by atoms with Gasteiger partial charge in [0.05, 0.1) is 19.8 Å². The monoisotopic (exact) mass is 343 g/mol. The number of hydrogen-bond acceptors (Lipinski definition) is 5. The summed E-state index contributed by atoms with van der Waals surface area (Å²) in [6.45, 7) is 2.24. The van der Waals surface area contributed by atoms with Gasteiger partial charge in [0.25, 0.3) is 0 Å². The van der Waals surface area contributed by atoms with Crippen molar-refractivity contribution in [1.29, 1.82) is 0 Å². The molecule has 2 unspecified atom stereocenters. The third-order valence-corrected chi connectivity index (χ3v) is 5.28. The summed E-state index contributed by atoms with van der Waals surface area (Å²) in [5.74, 6) is 0.670. The molecule has 2 atom stereocenters. The van der Waals surface area contributed by atoms with E-state index in [1.807, 2.05) is 55.5 Å². The average Bonchev–Trinajstić information content (AvgIpc) is 2.81. The summed E-state index contributed by atoms with van der Waals surface area (Å²) in [4.78, 5) is 13.4. The molecule has 1 aliphatic rings. The van der Waals surface area contributed by atoms with Crippen molar-refractivity contribution in [2.75, 3.05) is 19.0 Å². The van der Waals surface area contributed by atoms with Crippen LogP contribution in [0, 0.1) is 0 Å². The predicted octanol–water partition coefficient (Wildman–Crippen LogP) is 4.28. The number of thioether (sulfide) groups is 1. The van der Waals surface area contributed by atoms with Crippen LogP contribution in [-0.2, 0) is 9.53 Å². The van der Waals surface area contributed by atoms with Gasteiger partial charge in [0.2, 0.25) is 0 Å². The number of ether oxygens (including phenoxy) is 2. The first-order chi connectivity index (χ1) is 11.7. The van der Waals surface area contributed by atoms with Crippen LogP contribution in [0.25, 0.3) is 0 Å². The molecule has 0 saturated carbocycles. The molecule has 0 fully saturated rings. The Kier molecular flexibility index (Phi) is 5.30. The van der Waals surface area contributed by atoms with Crippen molar-refractivity contribution in [1.82, 2.24) is 0 Å². The van der Waals surface area contributed by atoms with Crippen molar-refractivity contribution in [3.63, 3.8) is 0 Å². The smallest absolute Gasteiger partial charge is 0.319 e. The number of para-hydroxylation sites is 1. The predicted molar refractivity (Wildman–Crippen MR) is 96.7 cm³/mol. The summed E-state index contributed by atoms with van der Waals surface area (Å²) in [5, 5.41) is 3.34. The van der Waals surface area contributed by atoms with Gasteiger partial charge in [-0.3, -0.25) is 4.79 Å². The summed E-state index contributed by atoms with van der Waals surface area (Å²) in [5.41, 5.74) is 2.18. The molecule has 1 aliphatic heterocycles. The summed E-state index contributed by atoms with van der Waals surface area (Å²) < 4.78 is 10.5. The number of hydrogen-bond donors (Lipinski definition) is 1. The molecule has 5 heteroatoms. The van der Waals surface area contributed by atoms with E-state index in [0.717, 1.165) is 21.9 Å². The van der Waals surface area contributed by atoms with E-state index in [1.165, 1.54) is 0 Å². The molecule has 0 radical (unpaired) electrons. The number of carbonyl (C=O) groups is 1. The van der Waals surface area contributed by atoms with E-state index in [-0.39, 0.29) is 17.3 Å². The molecular formula is C19H21NO3S. The first-order valence-electron chi connectivity index (χ1n) is 8.04. The highest BCUT2D eigenvalue weighted by atomic mass is 32.2. The Morgan fingerprint density at radius 2 is 1.96 bits per heavy atom. The number of esters is 1. The topological polar surface area (TPSA) is 47.6 Å². The molecule has 0 aliphatic carbocycles. The third kappa shape index (κ3) is 3.67. The van der Waals surface area contributed by atoms with E-state index < -0.39 is 0 Å². The van der Waals surface area contributed by atoms with Crippen LogP contribution in [-0.4, -0.2) is 24.9 Å². The summed E-state index contributed by atoms with van der Waals surface area (Å²) >= 11 is 1.57. The van der Waals surface area contributed by atoms with Gasteiger partial charge in [-0.15, -0.1) is 11.8 Å². The van der Waals surface area contributed by atoms with Crippen molar-refractivity contribution in [3.05, 3.63) is 54.1 Å². The van der Waals surface area contributed by atoms with E-state index in [1.54, 1.807) is 18.9 Å². The van der Waals surface area contributed by atoms with Crippen molar-refractivity contribution >= 4 is 23.4 Å². The molecule has 2 aromatic rings. The summed E-state index contributed by atoms with van der Waals surface area (Å²) in [7, 11) is 1.66. The van der Waals surface area contributed by atoms with Gasteiger partial charge in [-0.2, -0.15) is 0 Å². The van der Waals surface area contributed by atoms with Crippen LogP contribution in [0.2, 0.25) is 0 Å². The molecule has 0 bridgehead atoms. The molecule has 0 spiro atoms. The Labute approximate surface area is 146 Å². The lowest BCUT2D eigenvalue weighted by Crippen LogP contribution is -2.23. The van der Waals surface area contributed by atoms with Crippen LogP contribution in [0.5, 0.6) is 5.75 Å². The maximum Gasteiger partial charge on any atom is 0.319 e. The molecule has 0 saturated heterocycles. The molecule has 0 aromatic heterocycles. The molecule has 24 heavy (non-hydrogen) atoms. The summed E-state index contributed by atoms with van der Waals surface area (Å²) in [6.07, 6.45) is 0.671. The standard InChI is InChI=1S/C19H21NO3S/c1-3-23-19(21)18-12-16(13-8-10-14(22-2)11-9-13)20-15-6-4-5-7-17(15)24-18/h4-11,16,18,20H,3,12H2,1-2H3. The SMILES string of the molecule is CCOC(=O)C1CC(c2ccc(OC)cc2)Nc2ccccc2S1. The second-order valence-corrected chi connectivity index (χ2v) is 6.81.